The molecule has 1 fully saturated rings. The van der Waals surface area contributed by atoms with Gasteiger partial charge in [-0.25, -0.2) is 18.7 Å². The van der Waals surface area contributed by atoms with Crippen molar-refractivity contribution in [3.63, 3.8) is 0 Å². The first-order valence-electron chi connectivity index (χ1n) is 9.65. The lowest BCUT2D eigenvalue weighted by Crippen LogP contribution is -2.42. The number of nitriles is 1. The van der Waals surface area contributed by atoms with Gasteiger partial charge in [0, 0.05) is 23.3 Å². The summed E-state index contributed by atoms with van der Waals surface area (Å²) in [5.74, 6) is -2.24. The summed E-state index contributed by atoms with van der Waals surface area (Å²) in [6, 6.07) is 4.82. The molecule has 1 aliphatic carbocycles. The number of hydrogen-bond acceptors (Lipinski definition) is 5. The molecular formula is C22H19F2N5O2. The topological polar surface area (TPSA) is 112 Å². The van der Waals surface area contributed by atoms with Crippen LogP contribution in [0.15, 0.2) is 35.4 Å². The molecule has 2 aromatic heterocycles. The Hall–Kier alpha value is -3.67. The van der Waals surface area contributed by atoms with Gasteiger partial charge in [-0.05, 0) is 37.0 Å². The second-order valence-corrected chi connectivity index (χ2v) is 8.44. The van der Waals surface area contributed by atoms with E-state index >= 15 is 0 Å². The highest BCUT2D eigenvalue weighted by Gasteiger charge is 2.68. The highest BCUT2D eigenvalue weighted by atomic mass is 19.2. The maximum Gasteiger partial charge on any atom is 0.252 e. The van der Waals surface area contributed by atoms with Gasteiger partial charge in [-0.1, -0.05) is 13.8 Å². The first kappa shape index (κ1) is 20.6. The number of benzene rings is 1. The third-order valence-corrected chi connectivity index (χ3v) is 6.03. The molecule has 1 aromatic carbocycles. The Balaban J connectivity index is 1.74. The predicted octanol–water partition coefficient (Wildman–Crippen LogP) is 3.01. The SMILES string of the molecule is C[C@@H](NC(=O)[C@]1(c2cc3c(F)c(F)ccc3[nH]c2=O)CC1(C)C)c1ncc(C#N)cn1. The zero-order valence-electron chi connectivity index (χ0n) is 17.1. The minimum absolute atomic E-state index is 0.0833. The lowest BCUT2D eigenvalue weighted by molar-refractivity contribution is -0.125. The Labute approximate surface area is 176 Å². The van der Waals surface area contributed by atoms with Crippen molar-refractivity contribution < 1.29 is 13.6 Å². The van der Waals surface area contributed by atoms with Gasteiger partial charge in [0.2, 0.25) is 5.91 Å². The van der Waals surface area contributed by atoms with E-state index in [2.05, 4.69) is 20.3 Å². The quantitative estimate of drug-likeness (QED) is 0.670. The van der Waals surface area contributed by atoms with E-state index < -0.39 is 40.0 Å². The van der Waals surface area contributed by atoms with E-state index in [4.69, 9.17) is 5.26 Å². The number of aromatic nitrogens is 3. The summed E-state index contributed by atoms with van der Waals surface area (Å²) in [6.45, 7) is 5.35. The number of H-pyrrole nitrogens is 1. The van der Waals surface area contributed by atoms with Gasteiger partial charge in [0.1, 0.15) is 11.9 Å². The Morgan fingerprint density at radius 3 is 2.52 bits per heavy atom. The van der Waals surface area contributed by atoms with Gasteiger partial charge in [0.25, 0.3) is 5.56 Å². The number of rotatable bonds is 4. The predicted molar refractivity (Wildman–Crippen MR) is 108 cm³/mol. The second-order valence-electron chi connectivity index (χ2n) is 8.44. The van der Waals surface area contributed by atoms with Crippen LogP contribution in [0, 0.1) is 28.4 Å². The standard InChI is InChI=1S/C22H19F2N5O2/c1-11(18-26-8-12(7-25)9-27-18)28-20(31)22(10-21(22,2)3)14-6-13-16(29-19(14)30)5-4-15(23)17(13)24/h4-6,8-9,11H,10H2,1-3H3,(H,28,31)(H,29,30)/t11-,22-/m1/s1. The van der Waals surface area contributed by atoms with E-state index in [1.54, 1.807) is 6.92 Å². The van der Waals surface area contributed by atoms with E-state index in [1.807, 2.05) is 19.9 Å². The molecule has 4 rings (SSSR count). The fraction of sp³-hybridized carbons (Fsp3) is 0.318. The first-order chi connectivity index (χ1) is 14.6. The van der Waals surface area contributed by atoms with Crippen LogP contribution >= 0.6 is 0 Å². The van der Waals surface area contributed by atoms with Crippen molar-refractivity contribution >= 4 is 16.8 Å². The zero-order chi connectivity index (χ0) is 22.6. The molecule has 2 atom stereocenters. The van der Waals surface area contributed by atoms with Crippen LogP contribution in [0.25, 0.3) is 10.9 Å². The number of carbonyl (C=O) groups is 1. The molecule has 0 saturated heterocycles. The smallest absolute Gasteiger partial charge is 0.252 e. The van der Waals surface area contributed by atoms with Crippen LogP contribution in [0.5, 0.6) is 0 Å². The van der Waals surface area contributed by atoms with E-state index in [9.17, 15) is 18.4 Å². The van der Waals surface area contributed by atoms with Crippen LogP contribution in [0.4, 0.5) is 8.78 Å². The van der Waals surface area contributed by atoms with Gasteiger partial charge >= 0.3 is 0 Å². The zero-order valence-corrected chi connectivity index (χ0v) is 17.1. The molecule has 7 nitrogen and oxygen atoms in total. The number of halogens is 2. The molecule has 0 bridgehead atoms. The van der Waals surface area contributed by atoms with Gasteiger partial charge in [0.15, 0.2) is 11.6 Å². The van der Waals surface area contributed by atoms with Crippen LogP contribution in [0.2, 0.25) is 0 Å². The molecule has 2 N–H and O–H groups in total. The molecule has 31 heavy (non-hydrogen) atoms. The molecule has 9 heteroatoms. The number of nitrogens with zero attached hydrogens (tertiary/aromatic N) is 3. The third kappa shape index (κ3) is 3.15. The van der Waals surface area contributed by atoms with Crippen molar-refractivity contribution in [2.75, 3.05) is 0 Å². The maximum atomic E-state index is 14.4. The van der Waals surface area contributed by atoms with Crippen LogP contribution in [-0.2, 0) is 10.2 Å². The molecule has 0 aliphatic heterocycles. The van der Waals surface area contributed by atoms with Gasteiger partial charge in [-0.3, -0.25) is 9.59 Å². The Kier molecular flexibility index (Phi) is 4.61. The van der Waals surface area contributed by atoms with E-state index in [0.717, 1.165) is 6.07 Å². The number of amides is 1. The monoisotopic (exact) mass is 423 g/mol. The average Bonchev–Trinajstić information content (AvgIpc) is 3.33. The Morgan fingerprint density at radius 2 is 1.94 bits per heavy atom. The molecular weight excluding hydrogens is 404 g/mol. The van der Waals surface area contributed by atoms with Crippen molar-refractivity contribution in [2.45, 2.75) is 38.6 Å². The molecule has 1 amide bonds. The van der Waals surface area contributed by atoms with Gasteiger partial charge in [0.05, 0.1) is 22.5 Å². The summed E-state index contributed by atoms with van der Waals surface area (Å²) in [6.07, 6.45) is 3.07. The van der Waals surface area contributed by atoms with Gasteiger partial charge in [-0.2, -0.15) is 5.26 Å². The van der Waals surface area contributed by atoms with Crippen molar-refractivity contribution in [3.05, 3.63) is 69.5 Å². The van der Waals surface area contributed by atoms with Gasteiger partial charge in [-0.15, -0.1) is 0 Å². The fourth-order valence-electron chi connectivity index (χ4n) is 4.13. The molecule has 158 valence electrons. The second kappa shape index (κ2) is 6.94. The van der Waals surface area contributed by atoms with E-state index in [-0.39, 0.29) is 16.5 Å². The minimum atomic E-state index is -1.21. The summed E-state index contributed by atoms with van der Waals surface area (Å²) in [5.41, 5.74) is -1.79. The van der Waals surface area contributed by atoms with Crippen LogP contribution in [-0.4, -0.2) is 20.9 Å². The van der Waals surface area contributed by atoms with Gasteiger partial charge < -0.3 is 10.3 Å². The lowest BCUT2D eigenvalue weighted by atomic mass is 9.86. The lowest BCUT2D eigenvalue weighted by Gasteiger charge is -2.23. The van der Waals surface area contributed by atoms with Crippen LogP contribution in [0.1, 0.15) is 50.2 Å². The summed E-state index contributed by atoms with van der Waals surface area (Å²) < 4.78 is 28.1. The third-order valence-electron chi connectivity index (χ3n) is 6.03. The highest BCUT2D eigenvalue weighted by molar-refractivity contribution is 5.94. The maximum absolute atomic E-state index is 14.4. The number of nitrogens with one attached hydrogen (secondary N) is 2. The first-order valence-corrected chi connectivity index (χ1v) is 9.65. The Morgan fingerprint density at radius 1 is 1.29 bits per heavy atom. The molecule has 0 spiro atoms. The number of carbonyl (C=O) groups excluding carboxylic acids is 1. The van der Waals surface area contributed by atoms with E-state index in [1.165, 1.54) is 24.5 Å². The summed E-state index contributed by atoms with van der Waals surface area (Å²) >= 11 is 0. The molecule has 1 saturated carbocycles. The normalized spacial score (nSPS) is 20.1. The fourth-order valence-corrected chi connectivity index (χ4v) is 4.13. The number of aromatic amines is 1. The largest absolute Gasteiger partial charge is 0.346 e. The van der Waals surface area contributed by atoms with Crippen LogP contribution in [0.3, 0.4) is 0 Å². The molecule has 1 aliphatic rings. The van der Waals surface area contributed by atoms with Crippen molar-refractivity contribution in [1.29, 1.82) is 5.26 Å². The molecule has 0 radical (unpaired) electrons. The average molecular weight is 423 g/mol. The summed E-state index contributed by atoms with van der Waals surface area (Å²) in [5, 5.41) is 11.6. The van der Waals surface area contributed by atoms with Crippen molar-refractivity contribution in [1.82, 2.24) is 20.3 Å². The van der Waals surface area contributed by atoms with Crippen molar-refractivity contribution in [2.24, 2.45) is 5.41 Å². The van der Waals surface area contributed by atoms with E-state index in [0.29, 0.717) is 17.8 Å². The summed E-state index contributed by atoms with van der Waals surface area (Å²) in [7, 11) is 0. The Bertz CT molecular complexity index is 1310. The molecule has 2 heterocycles. The van der Waals surface area contributed by atoms with Crippen LogP contribution < -0.4 is 10.9 Å². The molecule has 0 unspecified atom stereocenters. The number of hydrogen-bond donors (Lipinski definition) is 2. The number of fused-ring (bicyclic) bond motifs is 1. The summed E-state index contributed by atoms with van der Waals surface area (Å²) in [4.78, 5) is 36.9. The molecule has 3 aromatic rings. The highest BCUT2D eigenvalue weighted by Crippen LogP contribution is 2.64. The minimum Gasteiger partial charge on any atom is -0.346 e. The number of pyridine rings is 1. The van der Waals surface area contributed by atoms with Crippen molar-refractivity contribution in [3.8, 4) is 6.07 Å².